The van der Waals surface area contributed by atoms with E-state index in [1.54, 1.807) is 24.3 Å². The van der Waals surface area contributed by atoms with Gasteiger partial charge >= 0.3 is 0 Å². The molecular formula is C19H33N3O3S. The number of nitrogens with one attached hydrogen (secondary N) is 2. The van der Waals surface area contributed by atoms with Crippen molar-refractivity contribution in [2.45, 2.75) is 64.4 Å². The van der Waals surface area contributed by atoms with Gasteiger partial charge < -0.3 is 10.6 Å². The molecule has 1 rings (SSSR count). The average Bonchev–Trinajstić information content (AvgIpc) is 2.60. The van der Waals surface area contributed by atoms with Gasteiger partial charge in [-0.05, 0) is 44.9 Å². The lowest BCUT2D eigenvalue weighted by molar-refractivity contribution is -0.122. The van der Waals surface area contributed by atoms with Gasteiger partial charge in [0.1, 0.15) is 0 Å². The maximum Gasteiger partial charge on any atom is 0.243 e. The molecular weight excluding hydrogens is 350 g/mol. The smallest absolute Gasteiger partial charge is 0.243 e. The van der Waals surface area contributed by atoms with Gasteiger partial charge in [0.2, 0.25) is 15.9 Å². The summed E-state index contributed by atoms with van der Waals surface area (Å²) in [6.45, 7) is 12.7. The van der Waals surface area contributed by atoms with Crippen molar-refractivity contribution in [2.24, 2.45) is 0 Å². The number of amides is 1. The molecule has 0 unspecified atom stereocenters. The number of carbonyl (C=O) groups excluding carboxylic acids is 1. The Hall–Kier alpha value is -1.44. The fraction of sp³-hybridized carbons (Fsp3) is 0.632. The van der Waals surface area contributed by atoms with Gasteiger partial charge in [-0.25, -0.2) is 8.42 Å². The zero-order chi connectivity index (χ0) is 20.0. The molecule has 148 valence electrons. The molecule has 0 heterocycles. The molecule has 2 N–H and O–H groups in total. The summed E-state index contributed by atoms with van der Waals surface area (Å²) in [5, 5.41) is 6.16. The second-order valence-electron chi connectivity index (χ2n) is 7.05. The molecule has 1 aromatic rings. The molecule has 0 bridgehead atoms. The molecule has 0 radical (unpaired) electrons. The molecule has 1 aromatic carbocycles. The third kappa shape index (κ3) is 6.07. The predicted molar refractivity (Wildman–Crippen MR) is 105 cm³/mol. The van der Waals surface area contributed by atoms with Gasteiger partial charge in [0, 0.05) is 24.7 Å². The van der Waals surface area contributed by atoms with E-state index in [1.165, 1.54) is 4.31 Å². The highest BCUT2D eigenvalue weighted by atomic mass is 32.2. The Morgan fingerprint density at radius 2 is 1.65 bits per heavy atom. The lowest BCUT2D eigenvalue weighted by atomic mass is 10.0. The molecule has 6 nitrogen and oxygen atoms in total. The van der Waals surface area contributed by atoms with Crippen LogP contribution in [-0.4, -0.2) is 43.8 Å². The Morgan fingerprint density at radius 1 is 1.12 bits per heavy atom. The molecule has 0 fully saturated rings. The average molecular weight is 384 g/mol. The Kier molecular flexibility index (Phi) is 8.24. The minimum absolute atomic E-state index is 0.0515. The summed E-state index contributed by atoms with van der Waals surface area (Å²) < 4.78 is 26.5. The van der Waals surface area contributed by atoms with E-state index in [0.29, 0.717) is 18.0 Å². The highest BCUT2D eigenvalue weighted by molar-refractivity contribution is 7.89. The first kappa shape index (κ1) is 22.6. The third-order valence-corrected chi connectivity index (χ3v) is 6.72. The van der Waals surface area contributed by atoms with Gasteiger partial charge in [-0.2, -0.15) is 4.31 Å². The molecule has 7 heteroatoms. The van der Waals surface area contributed by atoms with Crippen molar-refractivity contribution in [1.82, 2.24) is 14.9 Å². The van der Waals surface area contributed by atoms with Crippen molar-refractivity contribution in [1.29, 1.82) is 0 Å². The van der Waals surface area contributed by atoms with Crippen molar-refractivity contribution in [3.8, 4) is 0 Å². The molecule has 0 aliphatic carbocycles. The van der Waals surface area contributed by atoms with Crippen molar-refractivity contribution >= 4 is 15.9 Å². The number of benzene rings is 1. The highest BCUT2D eigenvalue weighted by Gasteiger charge is 2.22. The van der Waals surface area contributed by atoms with Crippen molar-refractivity contribution in [2.75, 3.05) is 19.6 Å². The van der Waals surface area contributed by atoms with Gasteiger partial charge in [-0.1, -0.05) is 32.9 Å². The first-order chi connectivity index (χ1) is 12.1. The van der Waals surface area contributed by atoms with Gasteiger partial charge in [-0.3, -0.25) is 4.79 Å². The molecule has 1 amide bonds. The fourth-order valence-electron chi connectivity index (χ4n) is 2.51. The summed E-state index contributed by atoms with van der Waals surface area (Å²) >= 11 is 0. The van der Waals surface area contributed by atoms with E-state index >= 15 is 0 Å². The molecule has 0 aromatic heterocycles. The minimum atomic E-state index is -3.44. The van der Waals surface area contributed by atoms with Gasteiger partial charge in [0.05, 0.1) is 11.4 Å². The summed E-state index contributed by atoms with van der Waals surface area (Å²) in [5.41, 5.74) is 0.716. The topological polar surface area (TPSA) is 78.5 Å². The van der Waals surface area contributed by atoms with Crippen LogP contribution in [0.5, 0.6) is 0 Å². The zero-order valence-corrected chi connectivity index (χ0v) is 17.6. The van der Waals surface area contributed by atoms with Crippen LogP contribution >= 0.6 is 0 Å². The maximum absolute atomic E-state index is 12.5. The predicted octanol–water partition coefficient (Wildman–Crippen LogP) is 2.67. The standard InChI is InChI=1S/C19H33N3O3S/c1-7-19(5,6)21-18(23)14-20-15(4)16-10-12-17(13-11-16)26(24,25)22(8-2)9-3/h10-13,15,20H,7-9,14H2,1-6H3,(H,21,23)/t15-/m1/s1. The van der Waals surface area contributed by atoms with Crippen LogP contribution in [0.3, 0.4) is 0 Å². The Morgan fingerprint density at radius 3 is 2.12 bits per heavy atom. The van der Waals surface area contributed by atoms with E-state index in [0.717, 1.165) is 12.0 Å². The van der Waals surface area contributed by atoms with Crippen molar-refractivity contribution < 1.29 is 13.2 Å². The van der Waals surface area contributed by atoms with Crippen LogP contribution in [0.25, 0.3) is 0 Å². The molecule has 0 saturated heterocycles. The van der Waals surface area contributed by atoms with Crippen LogP contribution in [-0.2, 0) is 14.8 Å². The zero-order valence-electron chi connectivity index (χ0n) is 16.8. The van der Waals surface area contributed by atoms with Gasteiger partial charge in [0.15, 0.2) is 0 Å². The summed E-state index contributed by atoms with van der Waals surface area (Å²) in [7, 11) is -3.44. The summed E-state index contributed by atoms with van der Waals surface area (Å²) in [6, 6.07) is 6.78. The molecule has 26 heavy (non-hydrogen) atoms. The molecule has 0 aliphatic rings. The third-order valence-electron chi connectivity index (χ3n) is 4.65. The quantitative estimate of drug-likeness (QED) is 0.651. The van der Waals surface area contributed by atoms with Crippen molar-refractivity contribution in [3.63, 3.8) is 0 Å². The normalized spacial score (nSPS) is 13.7. The van der Waals surface area contributed by atoms with Crippen molar-refractivity contribution in [3.05, 3.63) is 29.8 Å². The highest BCUT2D eigenvalue weighted by Crippen LogP contribution is 2.19. The van der Waals surface area contributed by atoms with E-state index in [4.69, 9.17) is 0 Å². The number of sulfonamides is 1. The van der Waals surface area contributed by atoms with Crippen LogP contribution in [0.2, 0.25) is 0 Å². The second kappa shape index (κ2) is 9.48. The van der Waals surface area contributed by atoms with Crippen LogP contribution < -0.4 is 10.6 Å². The maximum atomic E-state index is 12.5. The SMILES string of the molecule is CCN(CC)S(=O)(=O)c1ccc([C@@H](C)NCC(=O)NC(C)(C)CC)cc1. The Balaban J connectivity index is 2.72. The lowest BCUT2D eigenvalue weighted by Gasteiger charge is -2.25. The van der Waals surface area contributed by atoms with E-state index in [9.17, 15) is 13.2 Å². The van der Waals surface area contributed by atoms with Crippen LogP contribution in [0.15, 0.2) is 29.2 Å². The summed E-state index contributed by atoms with van der Waals surface area (Å²) in [5.74, 6) is -0.0515. The Bertz CT molecular complexity index is 680. The molecule has 0 aliphatic heterocycles. The largest absolute Gasteiger partial charge is 0.350 e. The van der Waals surface area contributed by atoms with Crippen LogP contribution in [0.4, 0.5) is 0 Å². The molecule has 0 spiro atoms. The van der Waals surface area contributed by atoms with Crippen LogP contribution in [0, 0.1) is 0 Å². The van der Waals surface area contributed by atoms with Gasteiger partial charge in [-0.15, -0.1) is 0 Å². The molecule has 1 atom stereocenters. The van der Waals surface area contributed by atoms with E-state index < -0.39 is 10.0 Å². The monoisotopic (exact) mass is 383 g/mol. The van der Waals surface area contributed by atoms with E-state index in [1.807, 2.05) is 41.5 Å². The summed E-state index contributed by atoms with van der Waals surface area (Å²) in [6.07, 6.45) is 0.858. The molecule has 0 saturated carbocycles. The summed E-state index contributed by atoms with van der Waals surface area (Å²) in [4.78, 5) is 12.3. The van der Waals surface area contributed by atoms with Gasteiger partial charge in [0.25, 0.3) is 0 Å². The van der Waals surface area contributed by atoms with E-state index in [-0.39, 0.29) is 24.0 Å². The number of carbonyl (C=O) groups is 1. The van der Waals surface area contributed by atoms with E-state index in [2.05, 4.69) is 10.6 Å². The van der Waals surface area contributed by atoms with Crippen LogP contribution in [0.1, 0.15) is 59.6 Å². The number of rotatable bonds is 10. The number of hydrogen-bond donors (Lipinski definition) is 2. The number of nitrogens with zero attached hydrogens (tertiary/aromatic N) is 1. The minimum Gasteiger partial charge on any atom is -0.350 e. The first-order valence-corrected chi connectivity index (χ1v) is 10.7. The fourth-order valence-corrected chi connectivity index (χ4v) is 3.97. The second-order valence-corrected chi connectivity index (χ2v) is 8.98. The number of hydrogen-bond acceptors (Lipinski definition) is 4. The first-order valence-electron chi connectivity index (χ1n) is 9.21. The Labute approximate surface area is 158 Å². The lowest BCUT2D eigenvalue weighted by Crippen LogP contribution is -2.46.